The number of aliphatic hydroxyl groups excluding tert-OH is 1. The molecule has 2 saturated carbocycles. The van der Waals surface area contributed by atoms with Crippen molar-refractivity contribution in [1.29, 1.82) is 0 Å². The maximum atomic E-state index is 12.4. The van der Waals surface area contributed by atoms with E-state index < -0.39 is 0 Å². The molecule has 0 aromatic heterocycles. The minimum Gasteiger partial charge on any atom is -0.465 e. The van der Waals surface area contributed by atoms with E-state index in [1.54, 1.807) is 0 Å². The molecule has 0 amide bonds. The van der Waals surface area contributed by atoms with Crippen LogP contribution in [-0.4, -0.2) is 80.4 Å². The van der Waals surface area contributed by atoms with E-state index in [1.807, 2.05) is 0 Å². The second-order valence-corrected chi connectivity index (χ2v) is 16.4. The van der Waals surface area contributed by atoms with Crippen molar-refractivity contribution in [3.8, 4) is 0 Å². The van der Waals surface area contributed by atoms with Crippen LogP contribution in [0.2, 0.25) is 0 Å². The highest BCUT2D eigenvalue weighted by atomic mass is 16.7. The van der Waals surface area contributed by atoms with E-state index in [2.05, 4.69) is 18.7 Å². The first-order chi connectivity index (χ1) is 26.0. The Morgan fingerprint density at radius 1 is 0.604 bits per heavy atom. The molecule has 2 rings (SSSR count). The van der Waals surface area contributed by atoms with Gasteiger partial charge in [0.15, 0.2) is 6.29 Å². The number of unbranched alkanes of at least 4 members (excludes halogenated alkanes) is 18. The maximum absolute atomic E-state index is 12.4. The number of carbonyl (C=O) groups is 2. The van der Waals surface area contributed by atoms with Gasteiger partial charge in [-0.25, -0.2) is 0 Å². The summed E-state index contributed by atoms with van der Waals surface area (Å²) < 4.78 is 23.6. The van der Waals surface area contributed by atoms with E-state index in [-0.39, 0.29) is 30.9 Å². The molecule has 0 aliphatic heterocycles. The Labute approximate surface area is 326 Å². The largest absolute Gasteiger partial charge is 0.465 e. The molecular formula is C45H85NO7. The Kier molecular flexibility index (Phi) is 30.8. The summed E-state index contributed by atoms with van der Waals surface area (Å²) in [4.78, 5) is 27.1. The van der Waals surface area contributed by atoms with Crippen molar-refractivity contribution in [1.82, 2.24) is 4.90 Å². The molecule has 3 atom stereocenters. The molecule has 53 heavy (non-hydrogen) atoms. The average molecular weight is 752 g/mol. The SMILES string of the molecule is CCCCCCCCOC(CCOC(=O)CCCCCCCN(CCO)CCCCCCCC(=O)OC1CC2CCCC1C2)OCCCCCCCC. The van der Waals surface area contributed by atoms with Gasteiger partial charge < -0.3 is 29.0 Å². The number of fused-ring (bicyclic) bond motifs is 2. The zero-order valence-corrected chi connectivity index (χ0v) is 34.8. The van der Waals surface area contributed by atoms with Crippen LogP contribution >= 0.6 is 0 Å². The first kappa shape index (κ1) is 47.9. The molecule has 8 nitrogen and oxygen atoms in total. The number of ether oxygens (including phenoxy) is 4. The Morgan fingerprint density at radius 3 is 1.70 bits per heavy atom. The normalized spacial score (nSPS) is 18.3. The lowest BCUT2D eigenvalue weighted by Crippen LogP contribution is -2.29. The van der Waals surface area contributed by atoms with Crippen LogP contribution < -0.4 is 0 Å². The standard InChI is InChI=1S/C45H85NO7/c1-3-5-7-9-17-23-35-51-45(52-36-24-18-10-8-6-4-2)30-37-50-43(48)28-19-13-11-15-21-31-46(33-34-47)32-22-16-12-14-20-29-44(49)53-42-39-40-26-25-27-41(42)38-40/h40-42,45,47H,3-39H2,1-2H3. The topological polar surface area (TPSA) is 94.5 Å². The molecule has 0 spiro atoms. The van der Waals surface area contributed by atoms with Gasteiger partial charge >= 0.3 is 11.9 Å². The molecule has 2 aliphatic rings. The molecule has 2 bridgehead atoms. The molecule has 0 saturated heterocycles. The number of carbonyl (C=O) groups excluding carboxylic acids is 2. The summed E-state index contributed by atoms with van der Waals surface area (Å²) >= 11 is 0. The van der Waals surface area contributed by atoms with Gasteiger partial charge in [-0.1, -0.05) is 129 Å². The van der Waals surface area contributed by atoms with Gasteiger partial charge in [-0.05, 0) is 82.7 Å². The summed E-state index contributed by atoms with van der Waals surface area (Å²) in [7, 11) is 0. The van der Waals surface area contributed by atoms with Crippen LogP contribution in [0.1, 0.15) is 206 Å². The Bertz CT molecular complexity index is 839. The van der Waals surface area contributed by atoms with Crippen molar-refractivity contribution in [3.05, 3.63) is 0 Å². The molecule has 0 radical (unpaired) electrons. The number of aliphatic hydroxyl groups is 1. The van der Waals surface area contributed by atoms with Gasteiger partial charge in [-0.2, -0.15) is 0 Å². The highest BCUT2D eigenvalue weighted by Crippen LogP contribution is 2.43. The number of hydrogen-bond donors (Lipinski definition) is 1. The van der Waals surface area contributed by atoms with Crippen LogP contribution in [0, 0.1) is 11.8 Å². The zero-order chi connectivity index (χ0) is 38.0. The van der Waals surface area contributed by atoms with Crippen LogP contribution in [0.4, 0.5) is 0 Å². The van der Waals surface area contributed by atoms with Gasteiger partial charge in [0, 0.05) is 39.0 Å². The van der Waals surface area contributed by atoms with E-state index in [0.29, 0.717) is 45.0 Å². The van der Waals surface area contributed by atoms with E-state index in [4.69, 9.17) is 18.9 Å². The molecule has 3 unspecified atom stereocenters. The summed E-state index contributed by atoms with van der Waals surface area (Å²) in [6, 6.07) is 0. The number of rotatable bonds is 38. The van der Waals surface area contributed by atoms with Crippen molar-refractivity contribution < 1.29 is 33.6 Å². The first-order valence-corrected chi connectivity index (χ1v) is 23.0. The molecule has 0 aromatic carbocycles. The fourth-order valence-electron chi connectivity index (χ4n) is 8.27. The Hall–Kier alpha value is -1.22. The van der Waals surface area contributed by atoms with E-state index >= 15 is 0 Å². The summed E-state index contributed by atoms with van der Waals surface area (Å²) in [5.74, 6) is 1.33. The second kappa shape index (κ2) is 34.1. The van der Waals surface area contributed by atoms with Crippen molar-refractivity contribution in [2.24, 2.45) is 11.8 Å². The fraction of sp³-hybridized carbons (Fsp3) is 0.956. The first-order valence-electron chi connectivity index (χ1n) is 23.0. The second-order valence-electron chi connectivity index (χ2n) is 16.4. The van der Waals surface area contributed by atoms with Gasteiger partial charge in [0.05, 0.1) is 13.2 Å². The number of nitrogens with zero attached hydrogens (tertiary/aromatic N) is 1. The average Bonchev–Trinajstić information content (AvgIpc) is 3.43. The predicted molar refractivity (Wildman–Crippen MR) is 217 cm³/mol. The smallest absolute Gasteiger partial charge is 0.306 e. The molecule has 8 heteroatoms. The van der Waals surface area contributed by atoms with Crippen LogP contribution in [0.3, 0.4) is 0 Å². The van der Waals surface area contributed by atoms with E-state index in [1.165, 1.54) is 96.3 Å². The summed E-state index contributed by atoms with van der Waals surface area (Å²) in [6.07, 6.45) is 33.4. The van der Waals surface area contributed by atoms with Crippen LogP contribution in [-0.2, 0) is 28.5 Å². The van der Waals surface area contributed by atoms with Crippen LogP contribution in [0.25, 0.3) is 0 Å². The summed E-state index contributed by atoms with van der Waals surface area (Å²) in [5.41, 5.74) is 0. The van der Waals surface area contributed by atoms with Crippen LogP contribution in [0.15, 0.2) is 0 Å². The van der Waals surface area contributed by atoms with Gasteiger partial charge in [0.2, 0.25) is 0 Å². The lowest BCUT2D eigenvalue weighted by Gasteiger charge is -2.21. The van der Waals surface area contributed by atoms with Gasteiger partial charge in [-0.3, -0.25) is 9.59 Å². The molecule has 312 valence electrons. The minimum absolute atomic E-state index is 0.0181. The van der Waals surface area contributed by atoms with Crippen molar-refractivity contribution in [3.63, 3.8) is 0 Å². The highest BCUT2D eigenvalue weighted by molar-refractivity contribution is 5.69. The third kappa shape index (κ3) is 26.3. The Morgan fingerprint density at radius 2 is 1.13 bits per heavy atom. The van der Waals surface area contributed by atoms with Crippen LogP contribution in [0.5, 0.6) is 0 Å². The third-order valence-electron chi connectivity index (χ3n) is 11.5. The molecular weight excluding hydrogens is 666 g/mol. The quantitative estimate of drug-likeness (QED) is 0.0378. The zero-order valence-electron chi connectivity index (χ0n) is 34.8. The molecule has 2 aliphatic carbocycles. The Balaban J connectivity index is 1.44. The lowest BCUT2D eigenvalue weighted by molar-refractivity contribution is -0.162. The molecule has 1 N–H and O–H groups in total. The maximum Gasteiger partial charge on any atom is 0.306 e. The van der Waals surface area contributed by atoms with Gasteiger partial charge in [0.1, 0.15) is 6.10 Å². The van der Waals surface area contributed by atoms with Crippen molar-refractivity contribution in [2.45, 2.75) is 219 Å². The van der Waals surface area contributed by atoms with Gasteiger partial charge in [0.25, 0.3) is 0 Å². The monoisotopic (exact) mass is 752 g/mol. The minimum atomic E-state index is -0.289. The molecule has 2 fully saturated rings. The summed E-state index contributed by atoms with van der Waals surface area (Å²) in [6.45, 7) is 9.22. The predicted octanol–water partition coefficient (Wildman–Crippen LogP) is 11.1. The number of esters is 2. The highest BCUT2D eigenvalue weighted by Gasteiger charge is 2.39. The molecule has 0 aromatic rings. The lowest BCUT2D eigenvalue weighted by atomic mass is 9.89. The van der Waals surface area contributed by atoms with Crippen molar-refractivity contribution in [2.75, 3.05) is 46.1 Å². The third-order valence-corrected chi connectivity index (χ3v) is 11.5. The van der Waals surface area contributed by atoms with E-state index in [0.717, 1.165) is 103 Å². The van der Waals surface area contributed by atoms with E-state index in [9.17, 15) is 14.7 Å². The fourth-order valence-corrected chi connectivity index (χ4v) is 8.27. The van der Waals surface area contributed by atoms with Gasteiger partial charge in [-0.15, -0.1) is 0 Å². The van der Waals surface area contributed by atoms with Crippen molar-refractivity contribution >= 4 is 11.9 Å². The summed E-state index contributed by atoms with van der Waals surface area (Å²) in [5, 5.41) is 9.55. The molecule has 0 heterocycles. The number of hydrogen-bond acceptors (Lipinski definition) is 8.